The molecule has 3 nitrogen and oxygen atoms in total. The molecule has 1 rings (SSSR count). The Balaban J connectivity index is 2.32. The molecule has 0 saturated carbocycles. The quantitative estimate of drug-likeness (QED) is 0.700. The highest BCUT2D eigenvalue weighted by Gasteiger charge is 2.31. The molecule has 0 amide bonds. The van der Waals surface area contributed by atoms with Crippen LogP contribution in [0, 0.1) is 5.41 Å². The van der Waals surface area contributed by atoms with Gasteiger partial charge in [-0.3, -0.25) is 0 Å². The van der Waals surface area contributed by atoms with E-state index in [-0.39, 0.29) is 11.0 Å². The topological polar surface area (TPSA) is 47.3 Å². The molecule has 96 valence electrons. The van der Waals surface area contributed by atoms with E-state index < -0.39 is 0 Å². The molecule has 1 fully saturated rings. The highest BCUT2D eigenvalue weighted by atomic mass is 16.5. The molecule has 0 radical (unpaired) electrons. The summed E-state index contributed by atoms with van der Waals surface area (Å²) in [6.45, 7) is 10.3. The maximum atomic E-state index is 5.88. The molecule has 0 spiro atoms. The number of hydrogen-bond donors (Lipinski definition) is 2. The third kappa shape index (κ3) is 3.44. The Morgan fingerprint density at radius 3 is 2.50 bits per heavy atom. The molecule has 0 aromatic rings. The molecule has 0 aromatic carbocycles. The zero-order valence-corrected chi connectivity index (χ0v) is 11.1. The first-order chi connectivity index (χ1) is 7.60. The summed E-state index contributed by atoms with van der Waals surface area (Å²) in [5.41, 5.74) is 6.21. The number of rotatable bonds is 7. The molecule has 1 saturated heterocycles. The Labute approximate surface area is 100 Å². The normalized spacial score (nSPS) is 26.2. The van der Waals surface area contributed by atoms with E-state index in [1.807, 2.05) is 0 Å². The van der Waals surface area contributed by atoms with Gasteiger partial charge in [0, 0.05) is 19.7 Å². The van der Waals surface area contributed by atoms with Gasteiger partial charge < -0.3 is 15.8 Å². The van der Waals surface area contributed by atoms with Crippen molar-refractivity contribution in [2.75, 3.05) is 26.2 Å². The summed E-state index contributed by atoms with van der Waals surface area (Å²) in [5.74, 6) is 0. The molecular weight excluding hydrogens is 200 g/mol. The van der Waals surface area contributed by atoms with Gasteiger partial charge in [-0.25, -0.2) is 0 Å². The summed E-state index contributed by atoms with van der Waals surface area (Å²) in [6.07, 6.45) is 4.66. The molecule has 1 unspecified atom stereocenters. The van der Waals surface area contributed by atoms with E-state index in [4.69, 9.17) is 10.5 Å². The van der Waals surface area contributed by atoms with Crippen LogP contribution in [-0.2, 0) is 4.74 Å². The summed E-state index contributed by atoms with van der Waals surface area (Å²) >= 11 is 0. The van der Waals surface area contributed by atoms with Crippen molar-refractivity contribution in [1.29, 1.82) is 0 Å². The zero-order valence-electron chi connectivity index (χ0n) is 11.1. The van der Waals surface area contributed by atoms with E-state index in [2.05, 4.69) is 26.1 Å². The lowest BCUT2D eigenvalue weighted by atomic mass is 9.82. The molecule has 0 aliphatic carbocycles. The van der Waals surface area contributed by atoms with E-state index in [1.54, 1.807) is 0 Å². The fourth-order valence-electron chi connectivity index (χ4n) is 2.43. The standard InChI is InChI=1S/C13H28N2O/c1-4-13(5-2,9-14)11-15-10-12(3)7-6-8-16-12/h15H,4-11,14H2,1-3H3. The molecule has 1 heterocycles. The van der Waals surface area contributed by atoms with Crippen molar-refractivity contribution in [3.63, 3.8) is 0 Å². The Hall–Kier alpha value is -0.120. The summed E-state index contributed by atoms with van der Waals surface area (Å²) in [6, 6.07) is 0. The van der Waals surface area contributed by atoms with Crippen LogP contribution >= 0.6 is 0 Å². The van der Waals surface area contributed by atoms with Crippen LogP contribution in [0.1, 0.15) is 46.5 Å². The van der Waals surface area contributed by atoms with Crippen LogP contribution < -0.4 is 11.1 Å². The highest BCUT2D eigenvalue weighted by Crippen LogP contribution is 2.26. The maximum absolute atomic E-state index is 5.88. The van der Waals surface area contributed by atoms with Crippen molar-refractivity contribution in [3.8, 4) is 0 Å². The van der Waals surface area contributed by atoms with Gasteiger partial charge in [0.1, 0.15) is 0 Å². The first-order valence-electron chi connectivity index (χ1n) is 6.64. The van der Waals surface area contributed by atoms with E-state index in [0.717, 1.165) is 39.1 Å². The summed E-state index contributed by atoms with van der Waals surface area (Å²) in [5, 5.41) is 3.56. The zero-order chi connectivity index (χ0) is 12.1. The number of hydrogen-bond acceptors (Lipinski definition) is 3. The second kappa shape index (κ2) is 5.99. The number of nitrogens with two attached hydrogens (primary N) is 1. The fourth-order valence-corrected chi connectivity index (χ4v) is 2.43. The van der Waals surface area contributed by atoms with Gasteiger partial charge in [-0.05, 0) is 44.6 Å². The summed E-state index contributed by atoms with van der Waals surface area (Å²) in [7, 11) is 0. The Morgan fingerprint density at radius 2 is 2.06 bits per heavy atom. The van der Waals surface area contributed by atoms with Crippen molar-refractivity contribution in [1.82, 2.24) is 5.32 Å². The van der Waals surface area contributed by atoms with Crippen LogP contribution in [0.5, 0.6) is 0 Å². The van der Waals surface area contributed by atoms with Gasteiger partial charge in [0.2, 0.25) is 0 Å². The van der Waals surface area contributed by atoms with Crippen molar-refractivity contribution < 1.29 is 4.74 Å². The van der Waals surface area contributed by atoms with Crippen LogP contribution in [-0.4, -0.2) is 31.8 Å². The second-order valence-electron chi connectivity index (χ2n) is 5.42. The number of nitrogens with one attached hydrogen (secondary N) is 1. The molecule has 1 atom stereocenters. The largest absolute Gasteiger partial charge is 0.374 e. The van der Waals surface area contributed by atoms with Gasteiger partial charge in [0.25, 0.3) is 0 Å². The van der Waals surface area contributed by atoms with Crippen LogP contribution in [0.25, 0.3) is 0 Å². The predicted octanol–water partition coefficient (Wildman–Crippen LogP) is 1.91. The van der Waals surface area contributed by atoms with Crippen LogP contribution in [0.2, 0.25) is 0 Å². The Kier molecular flexibility index (Phi) is 5.22. The minimum atomic E-state index is 0.0574. The molecule has 1 aliphatic heterocycles. The van der Waals surface area contributed by atoms with E-state index >= 15 is 0 Å². The van der Waals surface area contributed by atoms with Crippen molar-refractivity contribution >= 4 is 0 Å². The molecular formula is C13H28N2O. The van der Waals surface area contributed by atoms with E-state index in [1.165, 1.54) is 12.8 Å². The Bertz CT molecular complexity index is 188. The predicted molar refractivity (Wildman–Crippen MR) is 68.5 cm³/mol. The fraction of sp³-hybridized carbons (Fsp3) is 1.00. The van der Waals surface area contributed by atoms with Gasteiger partial charge >= 0.3 is 0 Å². The lowest BCUT2D eigenvalue weighted by Gasteiger charge is -2.32. The minimum absolute atomic E-state index is 0.0574. The lowest BCUT2D eigenvalue weighted by molar-refractivity contribution is 0.0186. The van der Waals surface area contributed by atoms with Gasteiger partial charge in [0.15, 0.2) is 0 Å². The van der Waals surface area contributed by atoms with Gasteiger partial charge in [-0.15, -0.1) is 0 Å². The second-order valence-corrected chi connectivity index (χ2v) is 5.42. The molecule has 3 N–H and O–H groups in total. The van der Waals surface area contributed by atoms with Crippen molar-refractivity contribution in [3.05, 3.63) is 0 Å². The van der Waals surface area contributed by atoms with Gasteiger partial charge in [0.05, 0.1) is 5.60 Å². The highest BCUT2D eigenvalue weighted by molar-refractivity contribution is 4.85. The van der Waals surface area contributed by atoms with E-state index in [9.17, 15) is 0 Å². The molecule has 0 aromatic heterocycles. The van der Waals surface area contributed by atoms with E-state index in [0.29, 0.717) is 0 Å². The van der Waals surface area contributed by atoms with Crippen molar-refractivity contribution in [2.24, 2.45) is 11.1 Å². The molecule has 1 aliphatic rings. The van der Waals surface area contributed by atoms with Gasteiger partial charge in [-0.1, -0.05) is 13.8 Å². The molecule has 16 heavy (non-hydrogen) atoms. The van der Waals surface area contributed by atoms with Gasteiger partial charge in [-0.2, -0.15) is 0 Å². The first kappa shape index (κ1) is 13.9. The monoisotopic (exact) mass is 228 g/mol. The first-order valence-corrected chi connectivity index (χ1v) is 6.64. The van der Waals surface area contributed by atoms with Crippen molar-refractivity contribution in [2.45, 2.75) is 52.1 Å². The Morgan fingerprint density at radius 1 is 1.38 bits per heavy atom. The average molecular weight is 228 g/mol. The third-order valence-corrected chi connectivity index (χ3v) is 4.23. The lowest BCUT2D eigenvalue weighted by Crippen LogP contribution is -2.45. The van der Waals surface area contributed by atoms with Crippen LogP contribution in [0.15, 0.2) is 0 Å². The molecule has 3 heteroatoms. The number of ether oxygens (including phenoxy) is 1. The smallest absolute Gasteiger partial charge is 0.0779 e. The summed E-state index contributed by atoms with van der Waals surface area (Å²) in [4.78, 5) is 0. The van der Waals surface area contributed by atoms with Crippen LogP contribution in [0.4, 0.5) is 0 Å². The molecule has 0 bridgehead atoms. The maximum Gasteiger partial charge on any atom is 0.0779 e. The van der Waals surface area contributed by atoms with Crippen LogP contribution in [0.3, 0.4) is 0 Å². The average Bonchev–Trinajstić information content (AvgIpc) is 2.73. The SMILES string of the molecule is CCC(CC)(CN)CNCC1(C)CCCO1. The third-order valence-electron chi connectivity index (χ3n) is 4.23. The minimum Gasteiger partial charge on any atom is -0.374 e. The summed E-state index contributed by atoms with van der Waals surface area (Å²) < 4.78 is 5.76.